The van der Waals surface area contributed by atoms with Gasteiger partial charge in [0.05, 0.1) is 10.3 Å². The average Bonchev–Trinajstić information content (AvgIpc) is 3.29. The summed E-state index contributed by atoms with van der Waals surface area (Å²) in [5.74, 6) is 1.41. The van der Waals surface area contributed by atoms with Crippen LogP contribution in [0.1, 0.15) is 17.5 Å². The first-order valence-electron chi connectivity index (χ1n) is 8.51. The van der Waals surface area contributed by atoms with E-state index in [4.69, 9.17) is 4.42 Å². The van der Waals surface area contributed by atoms with Gasteiger partial charge in [-0.2, -0.15) is 0 Å². The lowest BCUT2D eigenvalue weighted by molar-refractivity contribution is 0.572. The van der Waals surface area contributed by atoms with Crippen LogP contribution in [0, 0.1) is 0 Å². The van der Waals surface area contributed by atoms with Crippen molar-refractivity contribution in [3.8, 4) is 11.5 Å². The number of hydrogen-bond acceptors (Lipinski definition) is 4. The molecule has 1 aromatic carbocycles. The fourth-order valence-corrected chi connectivity index (χ4v) is 3.87. The maximum absolute atomic E-state index is 5.56. The number of nitrogens with zero attached hydrogens (tertiary/aromatic N) is 2. The Bertz CT molecular complexity index is 844. The second-order valence-corrected chi connectivity index (χ2v) is 8.14. The van der Waals surface area contributed by atoms with E-state index < -0.39 is 0 Å². The van der Waals surface area contributed by atoms with Crippen LogP contribution in [0.5, 0.6) is 0 Å². The zero-order chi connectivity index (χ0) is 18.2. The summed E-state index contributed by atoms with van der Waals surface area (Å²) in [4.78, 5) is 10.4. The number of thiophene rings is 1. The van der Waals surface area contributed by atoms with Crippen molar-refractivity contribution >= 4 is 33.2 Å². The smallest absolute Gasteiger partial charge is 0.226 e. The Morgan fingerprint density at radius 2 is 2.04 bits per heavy atom. The Hall–Kier alpha value is -2.12. The van der Waals surface area contributed by atoms with Crippen LogP contribution in [0.3, 0.4) is 0 Å². The Morgan fingerprint density at radius 3 is 2.77 bits per heavy atom. The van der Waals surface area contributed by atoms with Crippen molar-refractivity contribution in [3.05, 3.63) is 63.1 Å². The third kappa shape index (κ3) is 5.44. The molecule has 0 spiro atoms. The summed E-state index contributed by atoms with van der Waals surface area (Å²) in [6.45, 7) is 4.16. The van der Waals surface area contributed by atoms with E-state index in [1.165, 1.54) is 4.88 Å². The average molecular weight is 433 g/mol. The van der Waals surface area contributed by atoms with Crippen LogP contribution in [0.4, 0.5) is 0 Å². The fraction of sp³-hybridized carbons (Fsp3) is 0.263. The quantitative estimate of drug-likeness (QED) is 0.427. The molecule has 2 aromatic heterocycles. The normalized spacial score (nSPS) is 11.5. The number of oxazole rings is 1. The molecule has 5 nitrogen and oxygen atoms in total. The molecule has 0 saturated carbocycles. The molecule has 0 fully saturated rings. The van der Waals surface area contributed by atoms with Crippen LogP contribution in [0.25, 0.3) is 11.5 Å². The highest BCUT2D eigenvalue weighted by Gasteiger charge is 2.06. The summed E-state index contributed by atoms with van der Waals surface area (Å²) in [7, 11) is 0. The molecule has 7 heteroatoms. The van der Waals surface area contributed by atoms with Crippen LogP contribution in [-0.4, -0.2) is 24.0 Å². The van der Waals surface area contributed by atoms with Gasteiger partial charge in [0.25, 0.3) is 0 Å². The molecule has 3 rings (SSSR count). The van der Waals surface area contributed by atoms with Gasteiger partial charge in [0.1, 0.15) is 12.0 Å². The third-order valence-corrected chi connectivity index (χ3v) is 5.29. The molecule has 0 aliphatic heterocycles. The van der Waals surface area contributed by atoms with Crippen LogP contribution in [0.2, 0.25) is 0 Å². The van der Waals surface area contributed by atoms with Crippen molar-refractivity contribution in [1.82, 2.24) is 15.6 Å². The van der Waals surface area contributed by atoms with Gasteiger partial charge >= 0.3 is 0 Å². The second kappa shape index (κ2) is 9.54. The number of rotatable bonds is 7. The maximum Gasteiger partial charge on any atom is 0.226 e. The van der Waals surface area contributed by atoms with Crippen LogP contribution >= 0.6 is 27.3 Å². The van der Waals surface area contributed by atoms with E-state index in [0.29, 0.717) is 12.4 Å². The molecular weight excluding hydrogens is 412 g/mol. The summed E-state index contributed by atoms with van der Waals surface area (Å²) in [6.07, 6.45) is 2.63. The Labute approximate surface area is 165 Å². The topological polar surface area (TPSA) is 62.5 Å². The molecular formula is C19H21BrN4OS. The summed E-state index contributed by atoms with van der Waals surface area (Å²) in [5, 5.41) is 6.62. The van der Waals surface area contributed by atoms with Gasteiger partial charge < -0.3 is 15.1 Å². The number of benzene rings is 1. The lowest BCUT2D eigenvalue weighted by Gasteiger charge is -2.10. The lowest BCUT2D eigenvalue weighted by atomic mass is 10.2. The standard InChI is InChI=1S/C19H21BrN4OS/c1-2-21-19(22-11-10-16-8-9-17(20)26-16)23-12-15-13-25-18(24-15)14-6-4-3-5-7-14/h3-9,13H,2,10-12H2,1H3,(H2,21,22,23). The highest BCUT2D eigenvalue weighted by molar-refractivity contribution is 9.11. The van der Waals surface area contributed by atoms with E-state index in [-0.39, 0.29) is 0 Å². The predicted molar refractivity (Wildman–Crippen MR) is 110 cm³/mol. The highest BCUT2D eigenvalue weighted by atomic mass is 79.9. The molecule has 2 N–H and O–H groups in total. The zero-order valence-corrected chi connectivity index (χ0v) is 16.9. The molecule has 0 atom stereocenters. The van der Waals surface area contributed by atoms with E-state index in [1.807, 2.05) is 30.3 Å². The third-order valence-electron chi connectivity index (χ3n) is 3.61. The largest absolute Gasteiger partial charge is 0.444 e. The van der Waals surface area contributed by atoms with Gasteiger partial charge in [0, 0.05) is 23.5 Å². The Kier molecular flexibility index (Phi) is 6.85. The van der Waals surface area contributed by atoms with Crippen molar-refractivity contribution in [2.45, 2.75) is 19.9 Å². The van der Waals surface area contributed by atoms with Gasteiger partial charge in [-0.1, -0.05) is 18.2 Å². The van der Waals surface area contributed by atoms with Crippen molar-refractivity contribution in [1.29, 1.82) is 0 Å². The molecule has 0 unspecified atom stereocenters. The molecule has 26 heavy (non-hydrogen) atoms. The number of halogens is 1. The molecule has 0 bridgehead atoms. The van der Waals surface area contributed by atoms with Gasteiger partial charge in [-0.3, -0.25) is 0 Å². The molecule has 0 aliphatic carbocycles. The van der Waals surface area contributed by atoms with Gasteiger partial charge in [0.15, 0.2) is 5.96 Å². The first-order valence-corrected chi connectivity index (χ1v) is 10.1. The highest BCUT2D eigenvalue weighted by Crippen LogP contribution is 2.22. The summed E-state index contributed by atoms with van der Waals surface area (Å²) in [5.41, 5.74) is 1.78. The van der Waals surface area contributed by atoms with E-state index in [1.54, 1.807) is 17.6 Å². The first kappa shape index (κ1) is 18.7. The zero-order valence-electron chi connectivity index (χ0n) is 14.5. The maximum atomic E-state index is 5.56. The van der Waals surface area contributed by atoms with Crippen molar-refractivity contribution in [2.24, 2.45) is 4.99 Å². The van der Waals surface area contributed by atoms with E-state index in [0.717, 1.165) is 40.5 Å². The molecule has 0 amide bonds. The van der Waals surface area contributed by atoms with Crippen molar-refractivity contribution in [2.75, 3.05) is 13.1 Å². The van der Waals surface area contributed by atoms with E-state index in [2.05, 4.69) is 55.6 Å². The number of guanidine groups is 1. The minimum absolute atomic E-state index is 0.468. The molecule has 2 heterocycles. The van der Waals surface area contributed by atoms with Gasteiger partial charge in [-0.15, -0.1) is 11.3 Å². The lowest BCUT2D eigenvalue weighted by Crippen LogP contribution is -2.38. The Morgan fingerprint density at radius 1 is 1.19 bits per heavy atom. The molecule has 136 valence electrons. The minimum Gasteiger partial charge on any atom is -0.444 e. The minimum atomic E-state index is 0.468. The number of aromatic nitrogens is 1. The van der Waals surface area contributed by atoms with Crippen LogP contribution in [0.15, 0.2) is 61.9 Å². The van der Waals surface area contributed by atoms with Crippen molar-refractivity contribution < 1.29 is 4.42 Å². The summed E-state index contributed by atoms with van der Waals surface area (Å²) in [6, 6.07) is 14.1. The monoisotopic (exact) mass is 432 g/mol. The molecule has 0 aliphatic rings. The molecule has 0 saturated heterocycles. The second-order valence-electron chi connectivity index (χ2n) is 5.59. The van der Waals surface area contributed by atoms with E-state index >= 15 is 0 Å². The SMILES string of the molecule is CCNC(=NCc1coc(-c2ccccc2)n1)NCCc1ccc(Br)s1. The Balaban J connectivity index is 1.56. The van der Waals surface area contributed by atoms with Gasteiger partial charge in [-0.25, -0.2) is 9.98 Å². The van der Waals surface area contributed by atoms with Gasteiger partial charge in [0.2, 0.25) is 5.89 Å². The summed E-state index contributed by atoms with van der Waals surface area (Å²) >= 11 is 5.25. The number of aliphatic imine (C=N–C) groups is 1. The number of hydrogen-bond donors (Lipinski definition) is 2. The summed E-state index contributed by atoms with van der Waals surface area (Å²) < 4.78 is 6.72. The van der Waals surface area contributed by atoms with Crippen LogP contribution in [-0.2, 0) is 13.0 Å². The number of nitrogens with one attached hydrogen (secondary N) is 2. The first-order chi connectivity index (χ1) is 12.7. The fourth-order valence-electron chi connectivity index (χ4n) is 2.38. The van der Waals surface area contributed by atoms with E-state index in [9.17, 15) is 0 Å². The predicted octanol–water partition coefficient (Wildman–Crippen LogP) is 4.46. The van der Waals surface area contributed by atoms with Crippen molar-refractivity contribution in [3.63, 3.8) is 0 Å². The molecule has 0 radical (unpaired) electrons. The van der Waals surface area contributed by atoms with Gasteiger partial charge in [-0.05, 0) is 53.5 Å². The molecule has 3 aromatic rings. The van der Waals surface area contributed by atoms with Crippen LogP contribution < -0.4 is 10.6 Å².